The summed E-state index contributed by atoms with van der Waals surface area (Å²) in [7, 11) is -4.87. The molecule has 1 amide bonds. The molecule has 0 atom stereocenters. The number of rotatable bonds is 5. The van der Waals surface area contributed by atoms with Crippen LogP contribution in [-0.2, 0) is 19.8 Å². The number of anilines is 1. The minimum atomic E-state index is -4.87. The zero-order chi connectivity index (χ0) is 13.8. The van der Waals surface area contributed by atoms with Crippen LogP contribution in [0.15, 0.2) is 29.2 Å². The van der Waals surface area contributed by atoms with Gasteiger partial charge in [0.25, 0.3) is 0 Å². The van der Waals surface area contributed by atoms with Crippen molar-refractivity contribution >= 4 is 21.8 Å². The Kier molecular flexibility index (Phi) is 4.80. The van der Waals surface area contributed by atoms with E-state index in [4.69, 9.17) is 4.74 Å². The highest BCUT2D eigenvalue weighted by atomic mass is 32.3. The molecule has 1 N–H and O–H groups in total. The molecule has 0 radical (unpaired) electrons. The van der Waals surface area contributed by atoms with Crippen molar-refractivity contribution in [3.05, 3.63) is 24.3 Å². The van der Waals surface area contributed by atoms with Gasteiger partial charge in [0.2, 0.25) is 5.91 Å². The summed E-state index contributed by atoms with van der Waals surface area (Å²) < 4.78 is 39.7. The first-order valence-corrected chi connectivity index (χ1v) is 6.64. The fourth-order valence-electron chi connectivity index (χ4n) is 1.21. The second-order valence-electron chi connectivity index (χ2n) is 3.84. The van der Waals surface area contributed by atoms with Crippen LogP contribution >= 0.6 is 0 Å². The summed E-state index contributed by atoms with van der Waals surface area (Å²) in [5, 5.41) is 2.29. The molecule has 0 aliphatic carbocycles. The van der Waals surface area contributed by atoms with E-state index in [1.165, 1.54) is 18.2 Å². The molecule has 100 valence electrons. The topological polar surface area (TPSA) is 72.5 Å². The maximum absolute atomic E-state index is 12.9. The van der Waals surface area contributed by atoms with Gasteiger partial charge in [0.15, 0.2) is 0 Å². The van der Waals surface area contributed by atoms with Gasteiger partial charge in [-0.1, -0.05) is 12.1 Å². The van der Waals surface area contributed by atoms with Gasteiger partial charge in [-0.15, -0.1) is 3.89 Å². The predicted octanol–water partition coefficient (Wildman–Crippen LogP) is 1.71. The van der Waals surface area contributed by atoms with Crippen molar-refractivity contribution in [1.82, 2.24) is 0 Å². The fraction of sp³-hybridized carbons (Fsp3) is 0.364. The molecule has 1 aromatic rings. The third kappa shape index (κ3) is 4.42. The lowest BCUT2D eigenvalue weighted by Crippen LogP contribution is -2.21. The minimum absolute atomic E-state index is 0.0997. The zero-order valence-electron chi connectivity index (χ0n) is 10.0. The highest BCUT2D eigenvalue weighted by molar-refractivity contribution is 7.86. The molecule has 18 heavy (non-hydrogen) atoms. The molecule has 0 aromatic heterocycles. The molecule has 0 spiro atoms. The van der Waals surface area contributed by atoms with Crippen LogP contribution in [0.5, 0.6) is 0 Å². The molecule has 0 aliphatic heterocycles. The molecule has 0 aliphatic rings. The summed E-state index contributed by atoms with van der Waals surface area (Å²) in [6.45, 7) is 3.29. The second-order valence-corrected chi connectivity index (χ2v) is 5.16. The maximum atomic E-state index is 12.9. The van der Waals surface area contributed by atoms with Crippen LogP contribution in [0.2, 0.25) is 0 Å². The standard InChI is InChI=1S/C11H14FNO4S/c1-8(2)17-7-11(14)13-9-5-3-4-6-10(9)18(12,15)16/h3-6,8H,7H2,1-2H3,(H,13,14). The first-order chi connectivity index (χ1) is 8.30. The number of nitrogens with one attached hydrogen (secondary N) is 1. The molecule has 0 fully saturated rings. The Morgan fingerprint density at radius 2 is 2.00 bits per heavy atom. The Bertz CT molecular complexity index is 528. The lowest BCUT2D eigenvalue weighted by Gasteiger charge is -2.10. The number of amides is 1. The van der Waals surface area contributed by atoms with Crippen LogP contribution < -0.4 is 5.32 Å². The monoisotopic (exact) mass is 275 g/mol. The molecule has 7 heteroatoms. The van der Waals surface area contributed by atoms with E-state index >= 15 is 0 Å². The van der Waals surface area contributed by atoms with Crippen LogP contribution in [0.3, 0.4) is 0 Å². The van der Waals surface area contributed by atoms with E-state index in [9.17, 15) is 17.1 Å². The number of para-hydroxylation sites is 1. The van der Waals surface area contributed by atoms with Crippen molar-refractivity contribution in [2.75, 3.05) is 11.9 Å². The van der Waals surface area contributed by atoms with Crippen LogP contribution in [-0.4, -0.2) is 27.0 Å². The third-order valence-corrected chi connectivity index (χ3v) is 2.85. The maximum Gasteiger partial charge on any atom is 0.334 e. The average molecular weight is 275 g/mol. The number of hydrogen-bond acceptors (Lipinski definition) is 4. The Hall–Kier alpha value is -1.47. The zero-order valence-corrected chi connectivity index (χ0v) is 10.8. The van der Waals surface area contributed by atoms with Crippen LogP contribution in [0.4, 0.5) is 9.57 Å². The summed E-state index contributed by atoms with van der Waals surface area (Å²) in [5.74, 6) is -0.542. The van der Waals surface area contributed by atoms with E-state index in [-0.39, 0.29) is 18.4 Å². The third-order valence-electron chi connectivity index (χ3n) is 1.97. The van der Waals surface area contributed by atoms with Gasteiger partial charge in [-0.25, -0.2) is 0 Å². The fourth-order valence-corrected chi connectivity index (χ4v) is 1.83. The predicted molar refractivity (Wildman–Crippen MR) is 64.5 cm³/mol. The molecule has 0 saturated carbocycles. The van der Waals surface area contributed by atoms with Gasteiger partial charge in [-0.2, -0.15) is 8.42 Å². The van der Waals surface area contributed by atoms with E-state index in [1.807, 2.05) is 0 Å². The van der Waals surface area contributed by atoms with Crippen molar-refractivity contribution in [1.29, 1.82) is 0 Å². The SMILES string of the molecule is CC(C)OCC(=O)Nc1ccccc1S(=O)(=O)F. The molecule has 1 rings (SSSR count). The van der Waals surface area contributed by atoms with Gasteiger partial charge in [0, 0.05) is 0 Å². The van der Waals surface area contributed by atoms with Gasteiger partial charge in [-0.3, -0.25) is 4.79 Å². The largest absolute Gasteiger partial charge is 0.369 e. The first kappa shape index (κ1) is 14.6. The van der Waals surface area contributed by atoms with E-state index in [1.54, 1.807) is 13.8 Å². The minimum Gasteiger partial charge on any atom is -0.369 e. The Morgan fingerprint density at radius 1 is 1.39 bits per heavy atom. The average Bonchev–Trinajstić information content (AvgIpc) is 2.25. The molecular weight excluding hydrogens is 261 g/mol. The number of carbonyl (C=O) groups excluding carboxylic acids is 1. The lowest BCUT2D eigenvalue weighted by atomic mass is 10.3. The summed E-state index contributed by atoms with van der Waals surface area (Å²) in [6.07, 6.45) is -0.129. The van der Waals surface area contributed by atoms with Crippen LogP contribution in [0.1, 0.15) is 13.8 Å². The molecular formula is C11H14FNO4S. The highest BCUT2D eigenvalue weighted by Gasteiger charge is 2.18. The highest BCUT2D eigenvalue weighted by Crippen LogP contribution is 2.22. The Labute approximate surface area is 105 Å². The Morgan fingerprint density at radius 3 is 2.56 bits per heavy atom. The number of hydrogen-bond donors (Lipinski definition) is 1. The van der Waals surface area contributed by atoms with E-state index in [2.05, 4.69) is 5.32 Å². The molecule has 5 nitrogen and oxygen atoms in total. The van der Waals surface area contributed by atoms with Gasteiger partial charge in [0.1, 0.15) is 11.5 Å². The van der Waals surface area contributed by atoms with Crippen molar-refractivity contribution in [3.63, 3.8) is 0 Å². The summed E-state index contributed by atoms with van der Waals surface area (Å²) in [6, 6.07) is 5.24. The van der Waals surface area contributed by atoms with Crippen LogP contribution in [0, 0.1) is 0 Å². The molecule has 0 saturated heterocycles. The van der Waals surface area contributed by atoms with Crippen molar-refractivity contribution in [3.8, 4) is 0 Å². The summed E-state index contributed by atoms with van der Waals surface area (Å²) in [5.41, 5.74) is -0.0997. The number of ether oxygens (including phenoxy) is 1. The van der Waals surface area contributed by atoms with Crippen molar-refractivity contribution in [2.24, 2.45) is 0 Å². The number of halogens is 1. The smallest absolute Gasteiger partial charge is 0.334 e. The summed E-state index contributed by atoms with van der Waals surface area (Å²) in [4.78, 5) is 10.9. The molecule has 0 heterocycles. The molecule has 1 aromatic carbocycles. The van der Waals surface area contributed by atoms with Gasteiger partial charge < -0.3 is 10.1 Å². The first-order valence-electron chi connectivity index (χ1n) is 5.26. The number of carbonyl (C=O) groups is 1. The van der Waals surface area contributed by atoms with E-state index in [0.717, 1.165) is 6.07 Å². The van der Waals surface area contributed by atoms with E-state index in [0.29, 0.717) is 0 Å². The van der Waals surface area contributed by atoms with Gasteiger partial charge in [0.05, 0.1) is 11.8 Å². The Balaban J connectivity index is 2.82. The van der Waals surface area contributed by atoms with Gasteiger partial charge >= 0.3 is 10.2 Å². The normalized spacial score (nSPS) is 11.6. The second kappa shape index (κ2) is 5.92. The summed E-state index contributed by atoms with van der Waals surface area (Å²) >= 11 is 0. The quantitative estimate of drug-likeness (QED) is 0.830. The van der Waals surface area contributed by atoms with Crippen LogP contribution in [0.25, 0.3) is 0 Å². The molecule has 0 bridgehead atoms. The van der Waals surface area contributed by atoms with Crippen molar-refractivity contribution < 1.29 is 21.8 Å². The number of benzene rings is 1. The van der Waals surface area contributed by atoms with Gasteiger partial charge in [-0.05, 0) is 26.0 Å². The molecule has 0 unspecified atom stereocenters. The van der Waals surface area contributed by atoms with Crippen molar-refractivity contribution in [2.45, 2.75) is 24.8 Å². The lowest BCUT2D eigenvalue weighted by molar-refractivity contribution is -0.121. The van der Waals surface area contributed by atoms with E-state index < -0.39 is 21.0 Å².